The van der Waals surface area contributed by atoms with E-state index in [9.17, 15) is 17.6 Å². The predicted octanol–water partition coefficient (Wildman–Crippen LogP) is 6.91. The summed E-state index contributed by atoms with van der Waals surface area (Å²) in [6, 6.07) is 24.5. The minimum atomic E-state index is -3.30. The van der Waals surface area contributed by atoms with Crippen molar-refractivity contribution in [2.24, 2.45) is 0 Å². The Hall–Kier alpha value is -3.68. The molecule has 5 nitrogen and oxygen atoms in total. The summed E-state index contributed by atoms with van der Waals surface area (Å²) in [7, 11) is -3.30. The molecule has 1 amide bonds. The number of ether oxygens (including phenoxy) is 1. The highest BCUT2D eigenvalue weighted by Gasteiger charge is 2.14. The van der Waals surface area contributed by atoms with Crippen LogP contribution in [-0.4, -0.2) is 20.1 Å². The second kappa shape index (κ2) is 10.9. The molecule has 0 saturated carbocycles. The van der Waals surface area contributed by atoms with Gasteiger partial charge in [0, 0.05) is 22.3 Å². The fraction of sp³-hybridized carbons (Fsp3) is 0.107. The van der Waals surface area contributed by atoms with Gasteiger partial charge in [0.25, 0.3) is 0 Å². The normalized spacial score (nSPS) is 11.2. The van der Waals surface area contributed by atoms with Crippen molar-refractivity contribution in [2.45, 2.75) is 18.2 Å². The van der Waals surface area contributed by atoms with Gasteiger partial charge in [-0.3, -0.25) is 4.79 Å². The molecule has 1 N–H and O–H groups in total. The van der Waals surface area contributed by atoms with E-state index in [2.05, 4.69) is 5.32 Å². The molecular formula is C28H23ClFNO4S. The lowest BCUT2D eigenvalue weighted by atomic mass is 10.0. The van der Waals surface area contributed by atoms with Crippen molar-refractivity contribution < 1.29 is 22.3 Å². The number of hydrogen-bond donors (Lipinski definition) is 1. The Bertz CT molecular complexity index is 1490. The van der Waals surface area contributed by atoms with Crippen LogP contribution < -0.4 is 10.1 Å². The second-order valence-electron chi connectivity index (χ2n) is 8.05. The van der Waals surface area contributed by atoms with Crippen molar-refractivity contribution >= 4 is 33.0 Å². The van der Waals surface area contributed by atoms with Gasteiger partial charge in [-0.05, 0) is 71.8 Å². The highest BCUT2D eigenvalue weighted by Crippen LogP contribution is 2.36. The van der Waals surface area contributed by atoms with Gasteiger partial charge in [-0.15, -0.1) is 0 Å². The average Bonchev–Trinajstić information content (AvgIpc) is 2.86. The summed E-state index contributed by atoms with van der Waals surface area (Å²) in [6.45, 7) is 1.59. The van der Waals surface area contributed by atoms with Gasteiger partial charge in [0.2, 0.25) is 5.91 Å². The number of anilines is 1. The first-order valence-electron chi connectivity index (χ1n) is 11.2. The third-order valence-electron chi connectivity index (χ3n) is 5.47. The molecule has 0 aliphatic heterocycles. The Morgan fingerprint density at radius 2 is 1.67 bits per heavy atom. The molecule has 0 aromatic heterocycles. The molecule has 0 heterocycles. The van der Waals surface area contributed by atoms with Crippen LogP contribution in [0.3, 0.4) is 0 Å². The van der Waals surface area contributed by atoms with Gasteiger partial charge in [0.1, 0.15) is 17.3 Å². The van der Waals surface area contributed by atoms with Crippen LogP contribution in [0.25, 0.3) is 11.1 Å². The summed E-state index contributed by atoms with van der Waals surface area (Å²) in [4.78, 5) is 12.9. The van der Waals surface area contributed by atoms with Crippen LogP contribution in [-0.2, 0) is 21.1 Å². The van der Waals surface area contributed by atoms with Crippen molar-refractivity contribution in [3.63, 3.8) is 0 Å². The van der Waals surface area contributed by atoms with E-state index < -0.39 is 9.84 Å². The van der Waals surface area contributed by atoms with E-state index in [0.717, 1.165) is 11.1 Å². The van der Waals surface area contributed by atoms with Crippen molar-refractivity contribution in [2.75, 3.05) is 11.1 Å². The fourth-order valence-electron chi connectivity index (χ4n) is 3.58. The predicted molar refractivity (Wildman–Crippen MR) is 140 cm³/mol. The first kappa shape index (κ1) is 25.4. The fourth-order valence-corrected chi connectivity index (χ4v) is 4.65. The summed E-state index contributed by atoms with van der Waals surface area (Å²) in [5, 5.41) is 3.41. The highest BCUT2D eigenvalue weighted by atomic mass is 35.5. The Morgan fingerprint density at radius 1 is 0.944 bits per heavy atom. The van der Waals surface area contributed by atoms with E-state index >= 15 is 0 Å². The van der Waals surface area contributed by atoms with Crippen molar-refractivity contribution in [3.8, 4) is 22.6 Å². The van der Waals surface area contributed by atoms with Crippen LogP contribution in [0, 0.1) is 5.82 Å². The number of nitrogens with one attached hydrogen (secondary N) is 1. The first-order chi connectivity index (χ1) is 17.2. The van der Waals surface area contributed by atoms with Crippen LogP contribution >= 0.6 is 11.6 Å². The molecule has 0 aliphatic carbocycles. The zero-order valence-electron chi connectivity index (χ0n) is 19.4. The molecule has 0 spiro atoms. The maximum absolute atomic E-state index is 13.4. The standard InChI is InChI=1S/C28H23ClFNO4S/c1-2-36(33,34)25-13-6-19(7-14-25)16-28(32)31-23-10-15-26(20-4-3-5-21(29)17-20)27(18-23)35-24-11-8-22(30)9-12-24/h3-15,17-18H,2,16H2,1H3,(H,31,32). The van der Waals surface area contributed by atoms with E-state index in [4.69, 9.17) is 16.3 Å². The molecule has 0 saturated heterocycles. The van der Waals surface area contributed by atoms with Crippen molar-refractivity contribution in [3.05, 3.63) is 107 Å². The molecule has 4 aromatic rings. The number of halogens is 2. The van der Waals surface area contributed by atoms with Gasteiger partial charge in [-0.2, -0.15) is 0 Å². The Morgan fingerprint density at radius 3 is 2.33 bits per heavy atom. The quantitative estimate of drug-likeness (QED) is 0.272. The largest absolute Gasteiger partial charge is 0.457 e. The smallest absolute Gasteiger partial charge is 0.228 e. The van der Waals surface area contributed by atoms with Crippen LogP contribution in [0.1, 0.15) is 12.5 Å². The molecule has 184 valence electrons. The minimum absolute atomic E-state index is 0.0142. The van der Waals surface area contributed by atoms with Gasteiger partial charge in [-0.1, -0.05) is 42.8 Å². The lowest BCUT2D eigenvalue weighted by Crippen LogP contribution is -2.14. The number of rotatable bonds is 8. The molecule has 0 radical (unpaired) electrons. The molecule has 4 aromatic carbocycles. The van der Waals surface area contributed by atoms with E-state index in [1.807, 2.05) is 18.2 Å². The number of carbonyl (C=O) groups is 1. The molecule has 0 atom stereocenters. The summed E-state index contributed by atoms with van der Waals surface area (Å²) >= 11 is 6.17. The molecule has 0 unspecified atom stereocenters. The summed E-state index contributed by atoms with van der Waals surface area (Å²) in [6.07, 6.45) is 0.0661. The molecular weight excluding hydrogens is 501 g/mol. The van der Waals surface area contributed by atoms with E-state index in [1.54, 1.807) is 43.3 Å². The highest BCUT2D eigenvalue weighted by molar-refractivity contribution is 7.91. The van der Waals surface area contributed by atoms with E-state index in [1.165, 1.54) is 36.4 Å². The van der Waals surface area contributed by atoms with Gasteiger partial charge in [0.05, 0.1) is 17.1 Å². The number of sulfone groups is 1. The minimum Gasteiger partial charge on any atom is -0.457 e. The second-order valence-corrected chi connectivity index (χ2v) is 10.8. The molecule has 0 bridgehead atoms. The number of amides is 1. The van der Waals surface area contributed by atoms with Gasteiger partial charge >= 0.3 is 0 Å². The van der Waals surface area contributed by atoms with Crippen LogP contribution in [0.15, 0.2) is 95.9 Å². The van der Waals surface area contributed by atoms with Crippen LogP contribution in [0.4, 0.5) is 10.1 Å². The Labute approximate surface area is 214 Å². The molecule has 4 rings (SSSR count). The van der Waals surface area contributed by atoms with Gasteiger partial charge in [0.15, 0.2) is 9.84 Å². The molecule has 36 heavy (non-hydrogen) atoms. The van der Waals surface area contributed by atoms with Gasteiger partial charge < -0.3 is 10.1 Å². The van der Waals surface area contributed by atoms with Crippen LogP contribution in [0.2, 0.25) is 5.02 Å². The van der Waals surface area contributed by atoms with Crippen molar-refractivity contribution in [1.82, 2.24) is 0 Å². The summed E-state index contributed by atoms with van der Waals surface area (Å²) < 4.78 is 43.4. The number of benzene rings is 4. The summed E-state index contributed by atoms with van der Waals surface area (Å²) in [5.74, 6) is 0.254. The zero-order chi connectivity index (χ0) is 25.7. The molecule has 8 heteroatoms. The van der Waals surface area contributed by atoms with Crippen molar-refractivity contribution in [1.29, 1.82) is 0 Å². The topological polar surface area (TPSA) is 72.5 Å². The lowest BCUT2D eigenvalue weighted by Gasteiger charge is -2.14. The third-order valence-corrected chi connectivity index (χ3v) is 7.46. The maximum atomic E-state index is 13.4. The Kier molecular flexibility index (Phi) is 7.72. The average molecular weight is 524 g/mol. The SMILES string of the molecule is CCS(=O)(=O)c1ccc(CC(=O)Nc2ccc(-c3cccc(Cl)c3)c(Oc3ccc(F)cc3)c2)cc1. The first-order valence-corrected chi connectivity index (χ1v) is 13.2. The third kappa shape index (κ3) is 6.30. The Balaban J connectivity index is 1.56. The monoisotopic (exact) mass is 523 g/mol. The summed E-state index contributed by atoms with van der Waals surface area (Å²) in [5.41, 5.74) is 2.75. The van der Waals surface area contributed by atoms with Gasteiger partial charge in [-0.25, -0.2) is 12.8 Å². The number of hydrogen-bond acceptors (Lipinski definition) is 4. The molecule has 0 fully saturated rings. The molecule has 0 aliphatic rings. The van der Waals surface area contributed by atoms with Crippen LogP contribution in [0.5, 0.6) is 11.5 Å². The maximum Gasteiger partial charge on any atom is 0.228 e. The van der Waals surface area contributed by atoms with E-state index in [-0.39, 0.29) is 28.8 Å². The zero-order valence-corrected chi connectivity index (χ0v) is 20.9. The lowest BCUT2D eigenvalue weighted by molar-refractivity contribution is -0.115. The number of carbonyl (C=O) groups excluding carboxylic acids is 1. The van der Waals surface area contributed by atoms with E-state index in [0.29, 0.717) is 27.8 Å².